The zero-order valence-corrected chi connectivity index (χ0v) is 15.9. The van der Waals surface area contributed by atoms with E-state index < -0.39 is 0 Å². The molecule has 1 atom stereocenters. The Bertz CT molecular complexity index is 803. The van der Waals surface area contributed by atoms with E-state index in [4.69, 9.17) is 9.84 Å². The van der Waals surface area contributed by atoms with Crippen LogP contribution in [0.1, 0.15) is 30.5 Å². The topological polar surface area (TPSA) is 52.0 Å². The highest BCUT2D eigenvalue weighted by atomic mass is 32.1. The first-order valence-corrected chi connectivity index (χ1v) is 10.4. The predicted molar refractivity (Wildman–Crippen MR) is 103 cm³/mol. The lowest BCUT2D eigenvalue weighted by Crippen LogP contribution is -2.24. The van der Waals surface area contributed by atoms with Gasteiger partial charge in [-0.15, -0.1) is 0 Å². The van der Waals surface area contributed by atoms with E-state index in [1.54, 1.807) is 22.7 Å². The summed E-state index contributed by atoms with van der Waals surface area (Å²) in [7, 11) is 0. The Morgan fingerprint density at radius 3 is 3.12 bits per heavy atom. The number of nitrogens with zero attached hydrogens (tertiary/aromatic N) is 3. The lowest BCUT2D eigenvalue weighted by molar-refractivity contribution is 0.00403. The van der Waals surface area contributed by atoms with Gasteiger partial charge in [-0.05, 0) is 54.6 Å². The van der Waals surface area contributed by atoms with Crippen LogP contribution < -0.4 is 5.32 Å². The minimum absolute atomic E-state index is 0.298. The van der Waals surface area contributed by atoms with Gasteiger partial charge in [0.15, 0.2) is 5.13 Å². The summed E-state index contributed by atoms with van der Waals surface area (Å²) in [4.78, 5) is 5.78. The van der Waals surface area contributed by atoms with Crippen molar-refractivity contribution in [3.63, 3.8) is 0 Å². The van der Waals surface area contributed by atoms with Gasteiger partial charge in [-0.3, -0.25) is 4.68 Å². The maximum Gasteiger partial charge on any atom is 0.183 e. The maximum absolute atomic E-state index is 5.81. The molecule has 0 radical (unpaired) electrons. The molecule has 7 heteroatoms. The first kappa shape index (κ1) is 16.8. The van der Waals surface area contributed by atoms with E-state index in [2.05, 4.69) is 33.2 Å². The fourth-order valence-corrected chi connectivity index (χ4v) is 4.62. The summed E-state index contributed by atoms with van der Waals surface area (Å²) < 4.78 is 7.82. The van der Waals surface area contributed by atoms with Gasteiger partial charge in [0.05, 0.1) is 23.2 Å². The summed E-state index contributed by atoms with van der Waals surface area (Å²) in [6.07, 6.45) is 5.91. The molecule has 1 unspecified atom stereocenters. The summed E-state index contributed by atoms with van der Waals surface area (Å²) in [6.45, 7) is 4.57. The highest BCUT2D eigenvalue weighted by Gasteiger charge is 2.16. The van der Waals surface area contributed by atoms with Crippen LogP contribution >= 0.6 is 22.7 Å². The summed E-state index contributed by atoms with van der Waals surface area (Å²) in [5, 5.41) is 13.3. The fourth-order valence-electron chi connectivity index (χ4n) is 3.03. The molecule has 0 bridgehead atoms. The molecule has 3 aromatic rings. The van der Waals surface area contributed by atoms with E-state index in [9.17, 15) is 0 Å². The van der Waals surface area contributed by atoms with Gasteiger partial charge >= 0.3 is 0 Å². The number of thiophene rings is 1. The fraction of sp³-hybridized carbons (Fsp3) is 0.444. The van der Waals surface area contributed by atoms with Crippen molar-refractivity contribution in [1.82, 2.24) is 14.8 Å². The first-order chi connectivity index (χ1) is 12.3. The normalized spacial score (nSPS) is 17.7. The van der Waals surface area contributed by atoms with Crippen LogP contribution in [0.2, 0.25) is 0 Å². The van der Waals surface area contributed by atoms with Crippen LogP contribution in [0.5, 0.6) is 0 Å². The maximum atomic E-state index is 5.81. The number of rotatable bonds is 6. The highest BCUT2D eigenvalue weighted by Crippen LogP contribution is 2.32. The molecule has 0 aliphatic carbocycles. The van der Waals surface area contributed by atoms with Crippen molar-refractivity contribution < 1.29 is 4.74 Å². The zero-order chi connectivity index (χ0) is 17.1. The molecule has 4 rings (SSSR count). The molecule has 5 nitrogen and oxygen atoms in total. The van der Waals surface area contributed by atoms with Crippen LogP contribution in [0.15, 0.2) is 29.1 Å². The average molecular weight is 375 g/mol. The number of thiazole rings is 1. The van der Waals surface area contributed by atoms with E-state index in [1.165, 1.54) is 18.4 Å². The average Bonchev–Trinajstić information content (AvgIpc) is 3.35. The Kier molecular flexibility index (Phi) is 5.14. The summed E-state index contributed by atoms with van der Waals surface area (Å²) in [5.41, 5.74) is 3.31. The lowest BCUT2D eigenvalue weighted by Gasteiger charge is -2.22. The summed E-state index contributed by atoms with van der Waals surface area (Å²) >= 11 is 3.38. The van der Waals surface area contributed by atoms with Gasteiger partial charge in [-0.2, -0.15) is 16.4 Å². The minimum atomic E-state index is 0.298. The largest absolute Gasteiger partial charge is 0.376 e. The van der Waals surface area contributed by atoms with Crippen molar-refractivity contribution in [2.45, 2.75) is 45.4 Å². The molecule has 1 fully saturated rings. The summed E-state index contributed by atoms with van der Waals surface area (Å²) in [5.74, 6) is 0. The van der Waals surface area contributed by atoms with Crippen LogP contribution in [0, 0.1) is 6.92 Å². The van der Waals surface area contributed by atoms with Gasteiger partial charge in [0, 0.05) is 19.3 Å². The molecule has 4 heterocycles. The Morgan fingerprint density at radius 1 is 1.36 bits per heavy atom. The molecule has 25 heavy (non-hydrogen) atoms. The number of aromatic nitrogens is 3. The molecule has 0 saturated carbocycles. The molecule has 132 valence electrons. The number of nitrogens with one attached hydrogen (secondary N) is 1. The third-order valence-corrected chi connectivity index (χ3v) is 6.23. The number of aryl methyl sites for hydroxylation is 1. The molecule has 3 aromatic heterocycles. The van der Waals surface area contributed by atoms with Gasteiger partial charge < -0.3 is 10.1 Å². The Labute approximate surface area is 155 Å². The third-order valence-electron chi connectivity index (χ3n) is 4.36. The Balaban J connectivity index is 1.42. The van der Waals surface area contributed by atoms with Crippen molar-refractivity contribution in [2.24, 2.45) is 0 Å². The van der Waals surface area contributed by atoms with Crippen LogP contribution in [0.3, 0.4) is 0 Å². The van der Waals surface area contributed by atoms with E-state index in [-0.39, 0.29) is 0 Å². The molecule has 1 aliphatic heterocycles. The molecule has 1 N–H and O–H groups in total. The number of anilines is 1. The number of hydrogen-bond acceptors (Lipinski definition) is 6. The van der Waals surface area contributed by atoms with Crippen molar-refractivity contribution in [3.8, 4) is 10.6 Å². The Hall–Kier alpha value is -1.70. The second-order valence-corrected chi connectivity index (χ2v) is 8.11. The van der Waals surface area contributed by atoms with Crippen LogP contribution in [-0.2, 0) is 17.8 Å². The molecule has 1 aliphatic rings. The molecular formula is C18H22N4OS2. The molecule has 1 saturated heterocycles. The SMILES string of the molecule is Cc1nc(NCc2ccsc2)sc1-c1ccn(CC2CCCCO2)n1. The number of ether oxygens (including phenoxy) is 1. The van der Waals surface area contributed by atoms with E-state index in [0.29, 0.717) is 6.10 Å². The van der Waals surface area contributed by atoms with E-state index >= 15 is 0 Å². The Morgan fingerprint density at radius 2 is 2.32 bits per heavy atom. The second kappa shape index (κ2) is 7.68. The monoisotopic (exact) mass is 374 g/mol. The number of hydrogen-bond donors (Lipinski definition) is 1. The van der Waals surface area contributed by atoms with Gasteiger partial charge in [0.2, 0.25) is 0 Å². The third kappa shape index (κ3) is 4.11. The lowest BCUT2D eigenvalue weighted by atomic mass is 10.1. The van der Waals surface area contributed by atoms with Crippen molar-refractivity contribution in [2.75, 3.05) is 11.9 Å². The van der Waals surface area contributed by atoms with Crippen LogP contribution in [0.25, 0.3) is 10.6 Å². The quantitative estimate of drug-likeness (QED) is 0.687. The van der Waals surface area contributed by atoms with E-state index in [0.717, 1.165) is 47.5 Å². The van der Waals surface area contributed by atoms with Gasteiger partial charge in [0.1, 0.15) is 5.69 Å². The van der Waals surface area contributed by atoms with Crippen molar-refractivity contribution >= 4 is 27.8 Å². The predicted octanol–water partition coefficient (Wildman–Crippen LogP) is 4.56. The standard InChI is InChI=1S/C18H22N4OS2/c1-13-17(25-18(20-13)19-10-14-6-9-24-12-14)16-5-7-22(21-16)11-15-4-2-3-8-23-15/h5-7,9,12,15H,2-4,8,10-11H2,1H3,(H,19,20). The smallest absolute Gasteiger partial charge is 0.183 e. The van der Waals surface area contributed by atoms with Gasteiger partial charge in [0.25, 0.3) is 0 Å². The first-order valence-electron chi connectivity index (χ1n) is 8.66. The molecular weight excluding hydrogens is 352 g/mol. The minimum Gasteiger partial charge on any atom is -0.376 e. The van der Waals surface area contributed by atoms with Crippen molar-refractivity contribution in [3.05, 3.63) is 40.3 Å². The van der Waals surface area contributed by atoms with Crippen molar-refractivity contribution in [1.29, 1.82) is 0 Å². The van der Waals surface area contributed by atoms with Crippen LogP contribution in [-0.4, -0.2) is 27.5 Å². The highest BCUT2D eigenvalue weighted by molar-refractivity contribution is 7.19. The molecule has 0 aromatic carbocycles. The van der Waals surface area contributed by atoms with Gasteiger partial charge in [-0.1, -0.05) is 11.3 Å². The van der Waals surface area contributed by atoms with E-state index in [1.807, 2.05) is 17.8 Å². The summed E-state index contributed by atoms with van der Waals surface area (Å²) in [6, 6.07) is 4.21. The van der Waals surface area contributed by atoms with Crippen LogP contribution in [0.4, 0.5) is 5.13 Å². The second-order valence-electron chi connectivity index (χ2n) is 6.33. The molecule has 0 amide bonds. The van der Waals surface area contributed by atoms with Gasteiger partial charge in [-0.25, -0.2) is 4.98 Å². The zero-order valence-electron chi connectivity index (χ0n) is 14.3. The molecule has 0 spiro atoms.